The zero-order valence-electron chi connectivity index (χ0n) is 15.8. The van der Waals surface area contributed by atoms with Gasteiger partial charge in [-0.25, -0.2) is 9.97 Å². The lowest BCUT2D eigenvalue weighted by Gasteiger charge is -2.22. The molecule has 0 saturated heterocycles. The molecule has 30 heavy (non-hydrogen) atoms. The minimum absolute atomic E-state index is 0.133. The van der Waals surface area contributed by atoms with Crippen LogP contribution in [0.3, 0.4) is 0 Å². The maximum absolute atomic E-state index is 13.1. The third-order valence-electron chi connectivity index (χ3n) is 4.16. The van der Waals surface area contributed by atoms with Gasteiger partial charge in [-0.05, 0) is 42.5 Å². The normalized spacial score (nSPS) is 14.1. The Hall–Kier alpha value is -3.14. The van der Waals surface area contributed by atoms with Crippen molar-refractivity contribution in [1.29, 1.82) is 0 Å². The number of halogens is 4. The second-order valence-electron chi connectivity index (χ2n) is 6.43. The molecule has 0 unspecified atom stereocenters. The van der Waals surface area contributed by atoms with Gasteiger partial charge in [-0.3, -0.25) is 0 Å². The van der Waals surface area contributed by atoms with Crippen molar-refractivity contribution in [1.82, 2.24) is 14.9 Å². The summed E-state index contributed by atoms with van der Waals surface area (Å²) in [6, 6.07) is 6.97. The molecule has 2 N–H and O–H groups in total. The fourth-order valence-electron chi connectivity index (χ4n) is 2.71. The number of aliphatic hydroxyl groups excluding tert-OH is 1. The second-order valence-corrected chi connectivity index (χ2v) is 6.43. The number of hydrogen-bond donors (Lipinski definition) is 2. The average Bonchev–Trinajstić information content (AvgIpc) is 2.73. The van der Waals surface area contributed by atoms with Gasteiger partial charge in [0.15, 0.2) is 0 Å². The number of allylic oxidation sites excluding steroid dienone is 2. The predicted octanol–water partition coefficient (Wildman–Crippen LogP) is 4.05. The van der Waals surface area contributed by atoms with Crippen LogP contribution in [0.1, 0.15) is 12.1 Å². The highest BCUT2D eigenvalue weighted by Crippen LogP contribution is 2.29. The van der Waals surface area contributed by atoms with E-state index in [1.165, 1.54) is 6.07 Å². The lowest BCUT2D eigenvalue weighted by Crippen LogP contribution is -2.33. The van der Waals surface area contributed by atoms with Crippen LogP contribution in [0.15, 0.2) is 54.9 Å². The molecule has 6 nitrogen and oxygen atoms in total. The third kappa shape index (κ3) is 5.69. The number of nitrogens with zero attached hydrogens (tertiary/aromatic N) is 3. The fourth-order valence-corrected chi connectivity index (χ4v) is 2.71. The Morgan fingerprint density at radius 1 is 1.27 bits per heavy atom. The van der Waals surface area contributed by atoms with Crippen molar-refractivity contribution in [2.24, 2.45) is 0 Å². The summed E-state index contributed by atoms with van der Waals surface area (Å²) in [7, 11) is 0. The Morgan fingerprint density at radius 3 is 2.80 bits per heavy atom. The highest BCUT2D eigenvalue weighted by molar-refractivity contribution is 5.73. The van der Waals surface area contributed by atoms with Gasteiger partial charge < -0.3 is 20.1 Å². The van der Waals surface area contributed by atoms with Crippen molar-refractivity contribution >= 4 is 17.2 Å². The van der Waals surface area contributed by atoms with Crippen molar-refractivity contribution in [2.45, 2.75) is 19.0 Å². The highest BCUT2D eigenvalue weighted by atomic mass is 19.3. The first-order valence-corrected chi connectivity index (χ1v) is 9.16. The van der Waals surface area contributed by atoms with E-state index in [0.29, 0.717) is 24.3 Å². The third-order valence-corrected chi connectivity index (χ3v) is 4.16. The molecule has 0 spiro atoms. The standard InChI is InChI=1S/C20H20F4N4O2/c21-18(22)20(23,24)30-16-4-1-3-15(13-16)26-19-25-8-5-17(27-19)14-6-10-28(11-7-14)9-2-12-29/h1,3-8,10,13,18,29H,2,9,11-12H2,(H,25,26,27). The molecule has 160 valence electrons. The van der Waals surface area contributed by atoms with Crippen molar-refractivity contribution < 1.29 is 27.4 Å². The van der Waals surface area contributed by atoms with Gasteiger partial charge in [0.25, 0.3) is 0 Å². The molecule has 2 aromatic rings. The number of alkyl halides is 4. The first kappa shape index (κ1) is 21.6. The quantitative estimate of drug-likeness (QED) is 0.592. The Morgan fingerprint density at radius 2 is 2.10 bits per heavy atom. The summed E-state index contributed by atoms with van der Waals surface area (Å²) in [5.74, 6) is -0.204. The molecular formula is C20H20F4N4O2. The summed E-state index contributed by atoms with van der Waals surface area (Å²) in [5.41, 5.74) is 1.84. The maximum Gasteiger partial charge on any atom is 0.461 e. The Bertz CT molecular complexity index is 921. The van der Waals surface area contributed by atoms with Gasteiger partial charge in [0.1, 0.15) is 5.75 Å². The van der Waals surface area contributed by atoms with Crippen LogP contribution in [0, 0.1) is 0 Å². The monoisotopic (exact) mass is 424 g/mol. The van der Waals surface area contributed by atoms with Crippen LogP contribution in [0.2, 0.25) is 0 Å². The van der Waals surface area contributed by atoms with Crippen molar-refractivity contribution in [3.05, 3.63) is 60.6 Å². The number of benzene rings is 1. The molecule has 0 fully saturated rings. The van der Waals surface area contributed by atoms with Crippen LogP contribution in [0.4, 0.5) is 29.2 Å². The summed E-state index contributed by atoms with van der Waals surface area (Å²) in [6.45, 7) is 1.56. The van der Waals surface area contributed by atoms with Crippen LogP contribution in [-0.2, 0) is 0 Å². The molecule has 0 aliphatic carbocycles. The summed E-state index contributed by atoms with van der Waals surface area (Å²) in [5, 5.41) is 11.8. The number of aliphatic hydroxyl groups is 1. The lowest BCUT2D eigenvalue weighted by atomic mass is 10.1. The molecule has 0 radical (unpaired) electrons. The number of rotatable bonds is 9. The molecule has 3 rings (SSSR count). The first-order valence-electron chi connectivity index (χ1n) is 9.16. The number of aromatic nitrogens is 2. The van der Waals surface area contributed by atoms with E-state index in [9.17, 15) is 17.6 Å². The van der Waals surface area contributed by atoms with Crippen molar-refractivity contribution in [3.8, 4) is 5.75 Å². The SMILES string of the molecule is OCCCN1C=CC(c2ccnc(Nc3cccc(OC(F)(F)C(F)F)c3)n2)=CC1. The van der Waals surface area contributed by atoms with Gasteiger partial charge in [-0.1, -0.05) is 12.1 Å². The smallest absolute Gasteiger partial charge is 0.428 e. The molecule has 0 bridgehead atoms. The Balaban J connectivity index is 1.68. The van der Waals surface area contributed by atoms with E-state index in [4.69, 9.17) is 5.11 Å². The van der Waals surface area contributed by atoms with Crippen LogP contribution in [-0.4, -0.2) is 52.2 Å². The van der Waals surface area contributed by atoms with E-state index in [1.807, 2.05) is 18.4 Å². The molecule has 1 aliphatic heterocycles. The molecular weight excluding hydrogens is 404 g/mol. The van der Waals surface area contributed by atoms with Gasteiger partial charge >= 0.3 is 12.5 Å². The molecule has 2 heterocycles. The van der Waals surface area contributed by atoms with E-state index < -0.39 is 18.3 Å². The zero-order valence-corrected chi connectivity index (χ0v) is 15.8. The minimum Gasteiger partial charge on any atom is -0.428 e. The molecule has 10 heteroatoms. The van der Waals surface area contributed by atoms with Crippen molar-refractivity contribution in [3.63, 3.8) is 0 Å². The zero-order chi connectivity index (χ0) is 21.6. The number of hydrogen-bond acceptors (Lipinski definition) is 6. The van der Waals surface area contributed by atoms with E-state index in [0.717, 1.165) is 24.3 Å². The lowest BCUT2D eigenvalue weighted by molar-refractivity contribution is -0.253. The van der Waals surface area contributed by atoms with Gasteiger partial charge in [-0.15, -0.1) is 0 Å². The number of anilines is 2. The van der Waals surface area contributed by atoms with E-state index in [1.54, 1.807) is 18.3 Å². The van der Waals surface area contributed by atoms with Gasteiger partial charge in [0.2, 0.25) is 5.95 Å². The molecule has 1 aromatic carbocycles. The number of ether oxygens (including phenoxy) is 1. The van der Waals surface area contributed by atoms with Crippen LogP contribution in [0.5, 0.6) is 5.75 Å². The second kappa shape index (κ2) is 9.57. The van der Waals surface area contributed by atoms with Gasteiger partial charge in [0.05, 0.1) is 5.69 Å². The summed E-state index contributed by atoms with van der Waals surface area (Å²) in [4.78, 5) is 10.6. The van der Waals surface area contributed by atoms with E-state index in [-0.39, 0.29) is 12.6 Å². The summed E-state index contributed by atoms with van der Waals surface area (Å²) in [6.07, 6.45) is -0.489. The highest BCUT2D eigenvalue weighted by Gasteiger charge is 2.43. The van der Waals surface area contributed by atoms with Gasteiger partial charge in [0, 0.05) is 37.6 Å². The maximum atomic E-state index is 13.1. The molecule has 0 atom stereocenters. The van der Waals surface area contributed by atoms with E-state index in [2.05, 4.69) is 24.9 Å². The van der Waals surface area contributed by atoms with Crippen LogP contribution in [0.25, 0.3) is 5.57 Å². The average molecular weight is 424 g/mol. The summed E-state index contributed by atoms with van der Waals surface area (Å²) < 4.78 is 54.9. The Kier molecular flexibility index (Phi) is 6.88. The number of nitrogens with one attached hydrogen (secondary N) is 1. The van der Waals surface area contributed by atoms with Crippen LogP contribution >= 0.6 is 0 Å². The van der Waals surface area contributed by atoms with Crippen molar-refractivity contribution in [2.75, 3.05) is 25.0 Å². The van der Waals surface area contributed by atoms with Gasteiger partial charge in [-0.2, -0.15) is 17.6 Å². The Labute approximate surface area is 170 Å². The first-order chi connectivity index (χ1) is 14.4. The van der Waals surface area contributed by atoms with E-state index >= 15 is 0 Å². The molecule has 1 aromatic heterocycles. The molecule has 0 saturated carbocycles. The molecule has 1 aliphatic rings. The fraction of sp³-hybridized carbons (Fsp3) is 0.300. The summed E-state index contributed by atoms with van der Waals surface area (Å²) >= 11 is 0. The largest absolute Gasteiger partial charge is 0.461 e. The molecule has 0 amide bonds. The predicted molar refractivity (Wildman–Crippen MR) is 104 cm³/mol. The van der Waals surface area contributed by atoms with Crippen LogP contribution < -0.4 is 10.1 Å². The minimum atomic E-state index is -4.58. The topological polar surface area (TPSA) is 70.5 Å².